The van der Waals surface area contributed by atoms with Crippen molar-refractivity contribution in [3.8, 4) is 0 Å². The molecule has 1 amide bonds. The van der Waals surface area contributed by atoms with Crippen LogP contribution in [0.1, 0.15) is 64.2 Å². The van der Waals surface area contributed by atoms with Crippen LogP contribution < -0.4 is 0 Å². The monoisotopic (exact) mass is 322 g/mol. The minimum Gasteiger partial charge on any atom is -0.383 e. The molecule has 4 heteroatoms. The summed E-state index contributed by atoms with van der Waals surface area (Å²) in [6.45, 7) is 5.17. The van der Waals surface area contributed by atoms with Crippen molar-refractivity contribution >= 4 is 5.91 Å². The minimum atomic E-state index is 0.177. The third kappa shape index (κ3) is 4.08. The van der Waals surface area contributed by atoms with E-state index in [1.165, 1.54) is 44.9 Å². The summed E-state index contributed by atoms with van der Waals surface area (Å²) >= 11 is 0. The summed E-state index contributed by atoms with van der Waals surface area (Å²) in [6.07, 6.45) is 12.3. The first-order chi connectivity index (χ1) is 11.2. The Hall–Kier alpha value is -0.610. The highest BCUT2D eigenvalue weighted by Gasteiger charge is 2.46. The molecule has 1 aliphatic carbocycles. The van der Waals surface area contributed by atoms with Crippen molar-refractivity contribution in [3.63, 3.8) is 0 Å². The molecule has 0 radical (unpaired) electrons. The SMILES string of the molecule is COCCN1CCC[C@@]2(CCC(=O)N2CC2CCCCC2)CC1. The molecule has 1 spiro atoms. The van der Waals surface area contributed by atoms with Gasteiger partial charge in [-0.25, -0.2) is 0 Å². The van der Waals surface area contributed by atoms with Crippen LogP contribution in [-0.2, 0) is 9.53 Å². The number of rotatable bonds is 5. The highest BCUT2D eigenvalue weighted by atomic mass is 16.5. The molecule has 0 bridgehead atoms. The molecule has 132 valence electrons. The van der Waals surface area contributed by atoms with Gasteiger partial charge in [-0.1, -0.05) is 19.3 Å². The topological polar surface area (TPSA) is 32.8 Å². The van der Waals surface area contributed by atoms with Crippen molar-refractivity contribution in [1.29, 1.82) is 0 Å². The number of amides is 1. The lowest BCUT2D eigenvalue weighted by molar-refractivity contribution is -0.132. The molecule has 0 unspecified atom stereocenters. The van der Waals surface area contributed by atoms with E-state index in [4.69, 9.17) is 4.74 Å². The van der Waals surface area contributed by atoms with Gasteiger partial charge in [0, 0.05) is 38.7 Å². The van der Waals surface area contributed by atoms with Gasteiger partial charge in [-0.05, 0) is 51.0 Å². The van der Waals surface area contributed by atoms with E-state index in [0.717, 1.165) is 58.0 Å². The lowest BCUT2D eigenvalue weighted by Crippen LogP contribution is -2.48. The van der Waals surface area contributed by atoms with E-state index < -0.39 is 0 Å². The minimum absolute atomic E-state index is 0.177. The predicted molar refractivity (Wildman–Crippen MR) is 92.4 cm³/mol. The van der Waals surface area contributed by atoms with Gasteiger partial charge in [-0.2, -0.15) is 0 Å². The molecule has 23 heavy (non-hydrogen) atoms. The second-order valence-corrected chi connectivity index (χ2v) is 7.92. The number of carbonyl (C=O) groups excluding carboxylic acids is 1. The molecule has 0 aromatic carbocycles. The van der Waals surface area contributed by atoms with Crippen LogP contribution in [0.3, 0.4) is 0 Å². The van der Waals surface area contributed by atoms with Crippen molar-refractivity contribution in [3.05, 3.63) is 0 Å². The summed E-state index contributed by atoms with van der Waals surface area (Å²) in [7, 11) is 1.78. The van der Waals surface area contributed by atoms with E-state index in [1.54, 1.807) is 7.11 Å². The number of nitrogens with zero attached hydrogens (tertiary/aromatic N) is 2. The first-order valence-corrected chi connectivity index (χ1v) is 9.75. The summed E-state index contributed by atoms with van der Waals surface area (Å²) in [5.74, 6) is 1.19. The van der Waals surface area contributed by atoms with Crippen molar-refractivity contribution in [2.75, 3.05) is 39.9 Å². The Morgan fingerprint density at radius 2 is 1.91 bits per heavy atom. The Morgan fingerprint density at radius 3 is 2.70 bits per heavy atom. The number of methoxy groups -OCH3 is 1. The molecule has 2 aliphatic heterocycles. The maximum absolute atomic E-state index is 12.6. The molecule has 1 atom stereocenters. The molecule has 3 aliphatic rings. The van der Waals surface area contributed by atoms with Crippen molar-refractivity contribution < 1.29 is 9.53 Å². The Bertz CT molecular complexity index is 395. The molecular formula is C19H34N2O2. The van der Waals surface area contributed by atoms with Gasteiger partial charge in [0.1, 0.15) is 0 Å². The molecule has 2 saturated heterocycles. The van der Waals surface area contributed by atoms with E-state index in [-0.39, 0.29) is 5.54 Å². The second kappa shape index (κ2) is 7.98. The van der Waals surface area contributed by atoms with Crippen LogP contribution in [0.25, 0.3) is 0 Å². The molecular weight excluding hydrogens is 288 g/mol. The number of carbonyl (C=O) groups is 1. The maximum atomic E-state index is 12.6. The number of hydrogen-bond acceptors (Lipinski definition) is 3. The molecule has 2 heterocycles. The summed E-state index contributed by atoms with van der Waals surface area (Å²) in [6, 6.07) is 0. The normalized spacial score (nSPS) is 31.0. The zero-order valence-corrected chi connectivity index (χ0v) is 14.9. The molecule has 0 aromatic heterocycles. The highest BCUT2D eigenvalue weighted by Crippen LogP contribution is 2.40. The molecule has 3 fully saturated rings. The lowest BCUT2D eigenvalue weighted by Gasteiger charge is -2.41. The average molecular weight is 322 g/mol. The first kappa shape index (κ1) is 17.2. The Morgan fingerprint density at radius 1 is 1.09 bits per heavy atom. The summed E-state index contributed by atoms with van der Waals surface area (Å²) in [4.78, 5) is 17.4. The third-order valence-corrected chi connectivity index (χ3v) is 6.46. The molecule has 3 rings (SSSR count). The van der Waals surface area contributed by atoms with Crippen LogP contribution >= 0.6 is 0 Å². The highest BCUT2D eigenvalue weighted by molar-refractivity contribution is 5.79. The average Bonchev–Trinajstić information content (AvgIpc) is 2.75. The van der Waals surface area contributed by atoms with Crippen LogP contribution in [0.5, 0.6) is 0 Å². The van der Waals surface area contributed by atoms with Gasteiger partial charge >= 0.3 is 0 Å². The fraction of sp³-hybridized carbons (Fsp3) is 0.947. The molecule has 0 aromatic rings. The summed E-state index contributed by atoms with van der Waals surface area (Å²) < 4.78 is 5.23. The predicted octanol–water partition coefficient (Wildman–Crippen LogP) is 3.06. The van der Waals surface area contributed by atoms with E-state index in [1.807, 2.05) is 0 Å². The van der Waals surface area contributed by atoms with E-state index in [0.29, 0.717) is 5.91 Å². The van der Waals surface area contributed by atoms with Gasteiger partial charge in [0.25, 0.3) is 0 Å². The van der Waals surface area contributed by atoms with Crippen molar-refractivity contribution in [2.45, 2.75) is 69.7 Å². The van der Waals surface area contributed by atoms with Crippen molar-refractivity contribution in [2.24, 2.45) is 5.92 Å². The Labute approximate surface area is 141 Å². The smallest absolute Gasteiger partial charge is 0.223 e. The van der Waals surface area contributed by atoms with Crippen LogP contribution in [0, 0.1) is 5.92 Å². The van der Waals surface area contributed by atoms with Crippen LogP contribution in [0.2, 0.25) is 0 Å². The van der Waals surface area contributed by atoms with E-state index >= 15 is 0 Å². The molecule has 4 nitrogen and oxygen atoms in total. The van der Waals surface area contributed by atoms with Gasteiger partial charge in [0.2, 0.25) is 5.91 Å². The maximum Gasteiger partial charge on any atom is 0.223 e. The standard InChI is InChI=1S/C19H34N2O2/c1-23-15-14-20-12-5-9-19(11-13-20)10-8-18(22)21(19)16-17-6-3-2-4-7-17/h17H,2-16H2,1H3/t19-/m1/s1. The Kier molecular flexibility index (Phi) is 5.97. The second-order valence-electron chi connectivity index (χ2n) is 7.92. The molecule has 1 saturated carbocycles. The summed E-state index contributed by atoms with van der Waals surface area (Å²) in [5, 5.41) is 0. The van der Waals surface area contributed by atoms with E-state index in [9.17, 15) is 4.79 Å². The Balaban J connectivity index is 1.62. The fourth-order valence-electron chi connectivity index (χ4n) is 5.00. The number of hydrogen-bond donors (Lipinski definition) is 0. The third-order valence-electron chi connectivity index (χ3n) is 6.46. The van der Waals surface area contributed by atoms with Crippen LogP contribution in [-0.4, -0.2) is 61.1 Å². The molecule has 0 N–H and O–H groups in total. The zero-order valence-electron chi connectivity index (χ0n) is 14.9. The largest absolute Gasteiger partial charge is 0.383 e. The van der Waals surface area contributed by atoms with Gasteiger partial charge in [-0.15, -0.1) is 0 Å². The van der Waals surface area contributed by atoms with Gasteiger partial charge in [0.15, 0.2) is 0 Å². The van der Waals surface area contributed by atoms with E-state index in [2.05, 4.69) is 9.80 Å². The first-order valence-electron chi connectivity index (χ1n) is 9.75. The zero-order chi connectivity index (χ0) is 16.1. The van der Waals surface area contributed by atoms with Gasteiger partial charge in [-0.3, -0.25) is 4.79 Å². The summed E-state index contributed by atoms with van der Waals surface area (Å²) in [5.41, 5.74) is 0.177. The lowest BCUT2D eigenvalue weighted by atomic mass is 9.84. The number of likely N-dealkylation sites (tertiary alicyclic amines) is 2. The van der Waals surface area contributed by atoms with Crippen molar-refractivity contribution in [1.82, 2.24) is 9.80 Å². The number of ether oxygens (including phenoxy) is 1. The quantitative estimate of drug-likeness (QED) is 0.780. The van der Waals surface area contributed by atoms with Crippen LogP contribution in [0.15, 0.2) is 0 Å². The van der Waals surface area contributed by atoms with Gasteiger partial charge in [0.05, 0.1) is 6.61 Å². The fourth-order valence-corrected chi connectivity index (χ4v) is 5.00. The van der Waals surface area contributed by atoms with Gasteiger partial charge < -0.3 is 14.5 Å². The van der Waals surface area contributed by atoms with Crippen LogP contribution in [0.4, 0.5) is 0 Å².